The van der Waals surface area contributed by atoms with Crippen LogP contribution in [0.15, 0.2) is 12.2 Å². The molecule has 0 spiro atoms. The molecule has 3 rings (SSSR count). The van der Waals surface area contributed by atoms with Crippen LogP contribution in [-0.4, -0.2) is 12.1 Å². The fourth-order valence-corrected chi connectivity index (χ4v) is 3.00. The summed E-state index contributed by atoms with van der Waals surface area (Å²) in [5.41, 5.74) is 1.51. The molecular formula is C12H18O2. The Kier molecular flexibility index (Phi) is 1.98. The maximum atomic E-state index is 10.9. The second kappa shape index (κ2) is 2.85. The first-order valence-electron chi connectivity index (χ1n) is 5.29. The number of fused-ring (bicyclic) bond motifs is 2. The highest BCUT2D eigenvalue weighted by atomic mass is 16.5. The van der Waals surface area contributed by atoms with Gasteiger partial charge in [0.15, 0.2) is 0 Å². The molecule has 0 aliphatic heterocycles. The van der Waals surface area contributed by atoms with Crippen molar-refractivity contribution in [2.45, 2.75) is 39.7 Å². The van der Waals surface area contributed by atoms with Crippen LogP contribution in [0.25, 0.3) is 0 Å². The highest BCUT2D eigenvalue weighted by Crippen LogP contribution is 2.61. The number of carbonyl (C=O) groups excluding carboxylic acids is 1. The van der Waals surface area contributed by atoms with Crippen LogP contribution in [0.3, 0.4) is 0 Å². The van der Waals surface area contributed by atoms with Crippen LogP contribution < -0.4 is 0 Å². The molecule has 14 heavy (non-hydrogen) atoms. The van der Waals surface area contributed by atoms with Crippen LogP contribution in [0, 0.1) is 17.3 Å². The van der Waals surface area contributed by atoms with Crippen LogP contribution >= 0.6 is 0 Å². The molecule has 3 fully saturated rings. The van der Waals surface area contributed by atoms with E-state index in [1.165, 1.54) is 13.3 Å². The van der Waals surface area contributed by atoms with Crippen molar-refractivity contribution in [1.29, 1.82) is 0 Å². The molecule has 3 aliphatic carbocycles. The van der Waals surface area contributed by atoms with Crippen molar-refractivity contribution in [3.8, 4) is 0 Å². The van der Waals surface area contributed by atoms with Gasteiger partial charge in [-0.3, -0.25) is 4.79 Å². The van der Waals surface area contributed by atoms with Crippen molar-refractivity contribution in [2.75, 3.05) is 0 Å². The van der Waals surface area contributed by atoms with Gasteiger partial charge in [-0.25, -0.2) is 0 Å². The standard InChI is InChI=1S/C12H18O2/c1-7-10-5-9(12(10,3)4)6-11(7)14-8(2)13/h9-11H,1,5-6H2,2-4H3/t9-,10+,11+/m0/s1. The fourth-order valence-electron chi connectivity index (χ4n) is 3.00. The molecule has 0 aromatic carbocycles. The van der Waals surface area contributed by atoms with Gasteiger partial charge < -0.3 is 4.74 Å². The smallest absolute Gasteiger partial charge is 0.303 e. The van der Waals surface area contributed by atoms with Gasteiger partial charge in [-0.15, -0.1) is 0 Å². The predicted molar refractivity (Wildman–Crippen MR) is 54.7 cm³/mol. The maximum absolute atomic E-state index is 10.9. The first-order valence-corrected chi connectivity index (χ1v) is 5.29. The van der Waals surface area contributed by atoms with Crippen LogP contribution in [0.2, 0.25) is 0 Å². The lowest BCUT2D eigenvalue weighted by Gasteiger charge is -2.59. The topological polar surface area (TPSA) is 26.3 Å². The average Bonchev–Trinajstić information content (AvgIpc) is 2.06. The number of carbonyl (C=O) groups is 1. The lowest BCUT2D eigenvalue weighted by atomic mass is 9.47. The zero-order valence-electron chi connectivity index (χ0n) is 9.17. The molecular weight excluding hydrogens is 176 g/mol. The van der Waals surface area contributed by atoms with Gasteiger partial charge in [-0.1, -0.05) is 20.4 Å². The number of hydrogen-bond acceptors (Lipinski definition) is 2. The molecule has 0 aromatic heterocycles. The van der Waals surface area contributed by atoms with Gasteiger partial charge in [0.25, 0.3) is 0 Å². The summed E-state index contributed by atoms with van der Waals surface area (Å²) >= 11 is 0. The Morgan fingerprint density at radius 3 is 2.57 bits per heavy atom. The van der Waals surface area contributed by atoms with E-state index in [9.17, 15) is 4.79 Å². The maximum Gasteiger partial charge on any atom is 0.303 e. The molecule has 3 saturated carbocycles. The van der Waals surface area contributed by atoms with E-state index >= 15 is 0 Å². The second-order valence-electron chi connectivity index (χ2n) is 5.22. The Morgan fingerprint density at radius 1 is 1.50 bits per heavy atom. The lowest BCUT2D eigenvalue weighted by Crippen LogP contribution is -2.54. The van der Waals surface area contributed by atoms with Crippen LogP contribution in [0.4, 0.5) is 0 Å². The summed E-state index contributed by atoms with van der Waals surface area (Å²) < 4.78 is 5.26. The van der Waals surface area contributed by atoms with E-state index in [0.717, 1.165) is 12.0 Å². The summed E-state index contributed by atoms with van der Waals surface area (Å²) in [6, 6.07) is 0. The Morgan fingerprint density at radius 2 is 2.14 bits per heavy atom. The summed E-state index contributed by atoms with van der Waals surface area (Å²) in [6.45, 7) is 10.1. The zero-order valence-corrected chi connectivity index (χ0v) is 9.17. The summed E-state index contributed by atoms with van der Waals surface area (Å²) in [5.74, 6) is 1.09. The van der Waals surface area contributed by atoms with Gasteiger partial charge >= 0.3 is 5.97 Å². The van der Waals surface area contributed by atoms with E-state index in [2.05, 4.69) is 20.4 Å². The molecule has 2 bridgehead atoms. The van der Waals surface area contributed by atoms with E-state index in [4.69, 9.17) is 4.74 Å². The molecule has 2 heteroatoms. The first-order chi connectivity index (χ1) is 6.43. The number of hydrogen-bond donors (Lipinski definition) is 0. The third-order valence-corrected chi connectivity index (χ3v) is 4.14. The van der Waals surface area contributed by atoms with Crippen molar-refractivity contribution in [2.24, 2.45) is 17.3 Å². The SMILES string of the molecule is C=C1[C@H]2C[C@@H](C[C@H]1OC(C)=O)C2(C)C. The molecule has 0 unspecified atom stereocenters. The molecule has 78 valence electrons. The van der Waals surface area contributed by atoms with E-state index in [-0.39, 0.29) is 12.1 Å². The summed E-state index contributed by atoms with van der Waals surface area (Å²) in [5, 5.41) is 0. The van der Waals surface area contributed by atoms with E-state index in [1.54, 1.807) is 0 Å². The van der Waals surface area contributed by atoms with Crippen molar-refractivity contribution in [3.63, 3.8) is 0 Å². The van der Waals surface area contributed by atoms with Crippen molar-refractivity contribution < 1.29 is 9.53 Å². The van der Waals surface area contributed by atoms with Crippen molar-refractivity contribution in [1.82, 2.24) is 0 Å². The van der Waals surface area contributed by atoms with Gasteiger partial charge in [-0.05, 0) is 35.7 Å². The number of rotatable bonds is 1. The van der Waals surface area contributed by atoms with E-state index in [0.29, 0.717) is 17.3 Å². The molecule has 3 aliphatic rings. The van der Waals surface area contributed by atoms with Crippen LogP contribution in [0.1, 0.15) is 33.6 Å². The number of ether oxygens (including phenoxy) is 1. The Balaban J connectivity index is 2.08. The fraction of sp³-hybridized carbons (Fsp3) is 0.750. The molecule has 2 nitrogen and oxygen atoms in total. The lowest BCUT2D eigenvalue weighted by molar-refractivity contribution is -0.153. The zero-order chi connectivity index (χ0) is 10.5. The second-order valence-corrected chi connectivity index (χ2v) is 5.22. The van der Waals surface area contributed by atoms with Gasteiger partial charge in [0.1, 0.15) is 6.10 Å². The highest BCUT2D eigenvalue weighted by Gasteiger charge is 2.55. The first kappa shape index (κ1) is 9.75. The molecule has 0 amide bonds. The quantitative estimate of drug-likeness (QED) is 0.473. The minimum atomic E-state index is -0.185. The number of esters is 1. The Bertz CT molecular complexity index is 291. The van der Waals surface area contributed by atoms with E-state index in [1.807, 2.05) is 0 Å². The minimum Gasteiger partial charge on any atom is -0.458 e. The molecule has 0 aromatic rings. The molecule has 0 N–H and O–H groups in total. The normalized spacial score (nSPS) is 38.8. The Hall–Kier alpha value is -0.790. The summed E-state index contributed by atoms with van der Waals surface area (Å²) in [6.07, 6.45) is 2.20. The third-order valence-electron chi connectivity index (χ3n) is 4.14. The summed E-state index contributed by atoms with van der Waals surface area (Å²) in [4.78, 5) is 10.9. The average molecular weight is 194 g/mol. The van der Waals surface area contributed by atoms with Crippen molar-refractivity contribution >= 4 is 5.97 Å². The van der Waals surface area contributed by atoms with E-state index < -0.39 is 0 Å². The van der Waals surface area contributed by atoms with Gasteiger partial charge in [-0.2, -0.15) is 0 Å². The molecule has 0 saturated heterocycles. The van der Waals surface area contributed by atoms with Gasteiger partial charge in [0, 0.05) is 6.92 Å². The predicted octanol–water partition coefficient (Wildman–Crippen LogP) is 2.54. The Labute approximate surface area is 85.3 Å². The van der Waals surface area contributed by atoms with Crippen LogP contribution in [-0.2, 0) is 9.53 Å². The largest absolute Gasteiger partial charge is 0.458 e. The third kappa shape index (κ3) is 1.20. The van der Waals surface area contributed by atoms with Crippen LogP contribution in [0.5, 0.6) is 0 Å². The summed E-state index contributed by atoms with van der Waals surface area (Å²) in [7, 11) is 0. The molecule has 0 heterocycles. The van der Waals surface area contributed by atoms with Gasteiger partial charge in [0.2, 0.25) is 0 Å². The van der Waals surface area contributed by atoms with Gasteiger partial charge in [0.05, 0.1) is 0 Å². The van der Waals surface area contributed by atoms with Crippen molar-refractivity contribution in [3.05, 3.63) is 12.2 Å². The molecule has 3 atom stereocenters. The minimum absolute atomic E-state index is 0.00993. The highest BCUT2D eigenvalue weighted by molar-refractivity contribution is 5.66. The molecule has 0 radical (unpaired) electrons. The monoisotopic (exact) mass is 194 g/mol.